The van der Waals surface area contributed by atoms with Crippen molar-refractivity contribution in [1.29, 1.82) is 0 Å². The van der Waals surface area contributed by atoms with Crippen molar-refractivity contribution in [3.8, 4) is 0 Å². The molecule has 0 aromatic carbocycles. The minimum Gasteiger partial charge on any atom is -0.379 e. The van der Waals surface area contributed by atoms with Crippen LogP contribution in [0.4, 0.5) is 0 Å². The van der Waals surface area contributed by atoms with Crippen LogP contribution in [-0.2, 0) is 14.8 Å². The molecule has 1 saturated heterocycles. The number of hydrazine groups is 1. The molecule has 1 fully saturated rings. The average Bonchev–Trinajstić information content (AvgIpc) is 2.04. The Kier molecular flexibility index (Phi) is 4.07. The van der Waals surface area contributed by atoms with Gasteiger partial charge in [0.15, 0.2) is 0 Å². The van der Waals surface area contributed by atoms with Gasteiger partial charge in [-0.25, -0.2) is 18.6 Å². The molecule has 0 amide bonds. The molecular formula is C6H15N3O3S. The van der Waals surface area contributed by atoms with Crippen molar-refractivity contribution < 1.29 is 13.2 Å². The molecule has 0 bridgehead atoms. The number of morpholine rings is 1. The lowest BCUT2D eigenvalue weighted by Gasteiger charge is -2.26. The summed E-state index contributed by atoms with van der Waals surface area (Å²) in [6, 6.07) is 0. The Morgan fingerprint density at radius 2 is 2.00 bits per heavy atom. The first kappa shape index (κ1) is 10.9. The van der Waals surface area contributed by atoms with Crippen LogP contribution >= 0.6 is 0 Å². The van der Waals surface area contributed by atoms with Gasteiger partial charge in [-0.1, -0.05) is 0 Å². The standard InChI is InChI=1S/C6H15N3O3S/c7-13(10,11)6-1-8-9-2-4-12-5-3-9/h8H,1-6H2,(H2,7,10,11). The Morgan fingerprint density at radius 1 is 1.38 bits per heavy atom. The molecule has 0 aromatic rings. The third-order valence-corrected chi connectivity index (χ3v) is 2.51. The second-order valence-electron chi connectivity index (χ2n) is 2.87. The molecule has 0 aromatic heterocycles. The molecule has 0 spiro atoms. The van der Waals surface area contributed by atoms with E-state index in [4.69, 9.17) is 9.88 Å². The molecule has 7 heteroatoms. The number of hydrogen-bond acceptors (Lipinski definition) is 5. The SMILES string of the molecule is NS(=O)(=O)CCNN1CCOCC1. The van der Waals surface area contributed by atoms with Crippen LogP contribution < -0.4 is 10.6 Å². The third kappa shape index (κ3) is 5.17. The molecule has 13 heavy (non-hydrogen) atoms. The summed E-state index contributed by atoms with van der Waals surface area (Å²) in [5, 5.41) is 6.78. The first-order valence-corrected chi connectivity index (χ1v) is 5.86. The van der Waals surface area contributed by atoms with Gasteiger partial charge in [0.25, 0.3) is 0 Å². The molecule has 0 aliphatic carbocycles. The molecular weight excluding hydrogens is 194 g/mol. The van der Waals surface area contributed by atoms with E-state index < -0.39 is 10.0 Å². The van der Waals surface area contributed by atoms with Gasteiger partial charge in [0.05, 0.1) is 19.0 Å². The lowest BCUT2D eigenvalue weighted by molar-refractivity contribution is 0.0133. The van der Waals surface area contributed by atoms with E-state index in [1.165, 1.54) is 0 Å². The predicted molar refractivity (Wildman–Crippen MR) is 48.4 cm³/mol. The minimum atomic E-state index is -3.35. The molecule has 3 N–H and O–H groups in total. The molecule has 0 saturated carbocycles. The van der Waals surface area contributed by atoms with Gasteiger partial charge < -0.3 is 4.74 Å². The summed E-state index contributed by atoms with van der Waals surface area (Å²) in [4.78, 5) is 0. The molecule has 0 unspecified atom stereocenters. The fourth-order valence-electron chi connectivity index (χ4n) is 1.07. The molecule has 0 atom stereocenters. The molecule has 1 aliphatic rings. The van der Waals surface area contributed by atoms with Crippen LogP contribution in [0.15, 0.2) is 0 Å². The van der Waals surface area contributed by atoms with Crippen LogP contribution in [0.2, 0.25) is 0 Å². The van der Waals surface area contributed by atoms with Gasteiger partial charge in [-0.15, -0.1) is 0 Å². The summed E-state index contributed by atoms with van der Waals surface area (Å²) < 4.78 is 26.3. The topological polar surface area (TPSA) is 84.7 Å². The maximum Gasteiger partial charge on any atom is 0.210 e. The van der Waals surface area contributed by atoms with Crippen molar-refractivity contribution in [3.63, 3.8) is 0 Å². The van der Waals surface area contributed by atoms with Gasteiger partial charge in [-0.05, 0) is 0 Å². The van der Waals surface area contributed by atoms with Crippen LogP contribution in [0.25, 0.3) is 0 Å². The Hall–Kier alpha value is -0.210. The summed E-state index contributed by atoms with van der Waals surface area (Å²) in [5.41, 5.74) is 2.97. The monoisotopic (exact) mass is 209 g/mol. The van der Waals surface area contributed by atoms with Crippen molar-refractivity contribution >= 4 is 10.0 Å². The van der Waals surface area contributed by atoms with Gasteiger partial charge in [0.1, 0.15) is 0 Å². The fraction of sp³-hybridized carbons (Fsp3) is 1.00. The zero-order valence-corrected chi connectivity index (χ0v) is 8.22. The van der Waals surface area contributed by atoms with E-state index in [1.54, 1.807) is 0 Å². The van der Waals surface area contributed by atoms with Gasteiger partial charge >= 0.3 is 0 Å². The Bertz CT molecular complexity index is 236. The maximum atomic E-state index is 10.6. The minimum absolute atomic E-state index is 0.0373. The van der Waals surface area contributed by atoms with E-state index in [0.29, 0.717) is 19.8 Å². The summed E-state index contributed by atoms with van der Waals surface area (Å²) in [6.45, 7) is 3.29. The number of rotatable bonds is 4. The van der Waals surface area contributed by atoms with Crippen molar-refractivity contribution in [3.05, 3.63) is 0 Å². The van der Waals surface area contributed by atoms with Crippen molar-refractivity contribution in [2.75, 3.05) is 38.6 Å². The van der Waals surface area contributed by atoms with Gasteiger partial charge in [0, 0.05) is 19.6 Å². The van der Waals surface area contributed by atoms with E-state index in [0.717, 1.165) is 13.1 Å². The van der Waals surface area contributed by atoms with E-state index in [9.17, 15) is 8.42 Å². The number of nitrogens with two attached hydrogens (primary N) is 1. The zero-order chi connectivity index (χ0) is 9.73. The highest BCUT2D eigenvalue weighted by Crippen LogP contribution is 1.91. The lowest BCUT2D eigenvalue weighted by atomic mass is 10.5. The van der Waals surface area contributed by atoms with Gasteiger partial charge in [-0.3, -0.25) is 5.43 Å². The second-order valence-corrected chi connectivity index (χ2v) is 4.61. The summed E-state index contributed by atoms with van der Waals surface area (Å²) in [7, 11) is -3.35. The zero-order valence-electron chi connectivity index (χ0n) is 7.40. The number of nitrogens with one attached hydrogen (secondary N) is 1. The number of hydrogen-bond donors (Lipinski definition) is 2. The normalized spacial score (nSPS) is 20.4. The summed E-state index contributed by atoms with van der Waals surface area (Å²) in [5.74, 6) is -0.0373. The van der Waals surface area contributed by atoms with Crippen LogP contribution in [-0.4, -0.2) is 52.0 Å². The van der Waals surface area contributed by atoms with Crippen LogP contribution in [0.3, 0.4) is 0 Å². The number of ether oxygens (including phenoxy) is 1. The van der Waals surface area contributed by atoms with Crippen molar-refractivity contribution in [1.82, 2.24) is 10.4 Å². The van der Waals surface area contributed by atoms with Crippen LogP contribution in [0.5, 0.6) is 0 Å². The van der Waals surface area contributed by atoms with Crippen LogP contribution in [0, 0.1) is 0 Å². The molecule has 6 nitrogen and oxygen atoms in total. The van der Waals surface area contributed by atoms with Crippen molar-refractivity contribution in [2.45, 2.75) is 0 Å². The molecule has 1 aliphatic heterocycles. The van der Waals surface area contributed by atoms with E-state index >= 15 is 0 Å². The molecule has 0 radical (unpaired) electrons. The quantitative estimate of drug-likeness (QED) is 0.565. The lowest BCUT2D eigenvalue weighted by Crippen LogP contribution is -2.47. The fourth-order valence-corrected chi connectivity index (χ4v) is 1.44. The number of nitrogens with zero attached hydrogens (tertiary/aromatic N) is 1. The smallest absolute Gasteiger partial charge is 0.210 e. The number of primary sulfonamides is 1. The molecule has 78 valence electrons. The number of sulfonamides is 1. The van der Waals surface area contributed by atoms with E-state index in [2.05, 4.69) is 5.43 Å². The first-order valence-electron chi connectivity index (χ1n) is 4.14. The largest absolute Gasteiger partial charge is 0.379 e. The first-order chi connectivity index (χ1) is 6.08. The van der Waals surface area contributed by atoms with E-state index in [-0.39, 0.29) is 5.75 Å². The Morgan fingerprint density at radius 3 is 2.54 bits per heavy atom. The third-order valence-electron chi connectivity index (χ3n) is 1.73. The summed E-state index contributed by atoms with van der Waals surface area (Å²) >= 11 is 0. The Balaban J connectivity index is 2.11. The van der Waals surface area contributed by atoms with Gasteiger partial charge in [0.2, 0.25) is 10.0 Å². The Labute approximate surface area is 78.1 Å². The predicted octanol–water partition coefficient (Wildman–Crippen LogP) is -1.89. The maximum absolute atomic E-state index is 10.6. The molecule has 1 rings (SSSR count). The van der Waals surface area contributed by atoms with Crippen molar-refractivity contribution in [2.24, 2.45) is 5.14 Å². The van der Waals surface area contributed by atoms with E-state index in [1.807, 2.05) is 5.01 Å². The molecule has 1 heterocycles. The highest BCUT2D eigenvalue weighted by atomic mass is 32.2. The average molecular weight is 209 g/mol. The summed E-state index contributed by atoms with van der Waals surface area (Å²) in [6.07, 6.45) is 0. The highest BCUT2D eigenvalue weighted by molar-refractivity contribution is 7.89. The second kappa shape index (κ2) is 4.87. The van der Waals surface area contributed by atoms with Crippen LogP contribution in [0.1, 0.15) is 0 Å². The highest BCUT2D eigenvalue weighted by Gasteiger charge is 2.10. The van der Waals surface area contributed by atoms with Gasteiger partial charge in [-0.2, -0.15) is 0 Å².